The SMILES string of the molecule is CCOc1cc2c(cc1CNC(=O)c1cc(S(N)(=O)=O)ccc1OC)O[C@@H](C)C2. The molecule has 9 heteroatoms. The maximum atomic E-state index is 12.7. The number of hydrogen-bond acceptors (Lipinski definition) is 6. The Morgan fingerprint density at radius 3 is 2.69 bits per heavy atom. The average molecular weight is 420 g/mol. The van der Waals surface area contributed by atoms with Gasteiger partial charge < -0.3 is 19.5 Å². The summed E-state index contributed by atoms with van der Waals surface area (Å²) in [5, 5.41) is 7.95. The average Bonchev–Trinajstić information content (AvgIpc) is 3.03. The molecule has 1 aliphatic heterocycles. The number of nitrogens with two attached hydrogens (primary N) is 1. The fraction of sp³-hybridized carbons (Fsp3) is 0.350. The summed E-state index contributed by atoms with van der Waals surface area (Å²) in [5.41, 5.74) is 1.90. The first-order valence-corrected chi connectivity index (χ1v) is 10.7. The van der Waals surface area contributed by atoms with Gasteiger partial charge >= 0.3 is 0 Å². The van der Waals surface area contributed by atoms with Gasteiger partial charge in [0.05, 0.1) is 24.2 Å². The summed E-state index contributed by atoms with van der Waals surface area (Å²) in [5.74, 6) is 1.20. The molecule has 1 amide bonds. The summed E-state index contributed by atoms with van der Waals surface area (Å²) in [6.45, 7) is 4.53. The van der Waals surface area contributed by atoms with Gasteiger partial charge in [-0.2, -0.15) is 0 Å². The lowest BCUT2D eigenvalue weighted by atomic mass is 10.1. The zero-order valence-corrected chi connectivity index (χ0v) is 17.3. The van der Waals surface area contributed by atoms with E-state index in [-0.39, 0.29) is 28.9 Å². The monoisotopic (exact) mass is 420 g/mol. The molecule has 0 saturated carbocycles. The lowest BCUT2D eigenvalue weighted by molar-refractivity contribution is 0.0947. The van der Waals surface area contributed by atoms with E-state index in [9.17, 15) is 13.2 Å². The van der Waals surface area contributed by atoms with Crippen LogP contribution in [-0.2, 0) is 23.0 Å². The van der Waals surface area contributed by atoms with Crippen molar-refractivity contribution in [3.8, 4) is 17.2 Å². The third kappa shape index (κ3) is 4.63. The quantitative estimate of drug-likeness (QED) is 0.708. The van der Waals surface area contributed by atoms with Crippen molar-refractivity contribution in [2.24, 2.45) is 5.14 Å². The second-order valence-corrected chi connectivity index (χ2v) is 8.28. The fourth-order valence-electron chi connectivity index (χ4n) is 3.22. The summed E-state index contributed by atoms with van der Waals surface area (Å²) >= 11 is 0. The Balaban J connectivity index is 1.85. The van der Waals surface area contributed by atoms with Gasteiger partial charge in [0, 0.05) is 24.1 Å². The van der Waals surface area contributed by atoms with E-state index in [1.165, 1.54) is 25.3 Å². The number of primary sulfonamides is 1. The van der Waals surface area contributed by atoms with Crippen LogP contribution in [0.2, 0.25) is 0 Å². The van der Waals surface area contributed by atoms with Gasteiger partial charge in [0.15, 0.2) is 0 Å². The highest BCUT2D eigenvalue weighted by Crippen LogP contribution is 2.35. The molecule has 0 bridgehead atoms. The predicted octanol–water partition coefficient (Wildman–Crippen LogP) is 1.99. The number of sulfonamides is 1. The third-order valence-corrected chi connectivity index (χ3v) is 5.47. The lowest BCUT2D eigenvalue weighted by Gasteiger charge is -2.14. The van der Waals surface area contributed by atoms with Crippen molar-refractivity contribution in [3.63, 3.8) is 0 Å². The topological polar surface area (TPSA) is 117 Å². The number of benzene rings is 2. The number of carbonyl (C=O) groups excluding carboxylic acids is 1. The second-order valence-electron chi connectivity index (χ2n) is 6.72. The number of methoxy groups -OCH3 is 1. The maximum absolute atomic E-state index is 12.7. The minimum absolute atomic E-state index is 0.0722. The number of carbonyl (C=O) groups is 1. The number of amides is 1. The first-order chi connectivity index (χ1) is 13.7. The van der Waals surface area contributed by atoms with Crippen molar-refractivity contribution in [2.45, 2.75) is 37.8 Å². The minimum atomic E-state index is -3.95. The van der Waals surface area contributed by atoms with Crippen molar-refractivity contribution >= 4 is 15.9 Å². The summed E-state index contributed by atoms with van der Waals surface area (Å²) < 4.78 is 39.9. The molecule has 8 nitrogen and oxygen atoms in total. The molecule has 29 heavy (non-hydrogen) atoms. The molecule has 0 saturated heterocycles. The highest BCUT2D eigenvalue weighted by Gasteiger charge is 2.23. The summed E-state index contributed by atoms with van der Waals surface area (Å²) in [6, 6.07) is 7.68. The molecule has 2 aromatic rings. The Kier molecular flexibility index (Phi) is 5.99. The molecule has 0 fully saturated rings. The first-order valence-electron chi connectivity index (χ1n) is 9.17. The smallest absolute Gasteiger partial charge is 0.255 e. The van der Waals surface area contributed by atoms with E-state index in [1.807, 2.05) is 26.0 Å². The van der Waals surface area contributed by atoms with Crippen LogP contribution in [0.15, 0.2) is 35.2 Å². The van der Waals surface area contributed by atoms with E-state index >= 15 is 0 Å². The van der Waals surface area contributed by atoms with Crippen LogP contribution in [0.1, 0.15) is 35.3 Å². The lowest BCUT2D eigenvalue weighted by Crippen LogP contribution is -2.24. The summed E-state index contributed by atoms with van der Waals surface area (Å²) in [4.78, 5) is 12.6. The van der Waals surface area contributed by atoms with Crippen molar-refractivity contribution in [1.29, 1.82) is 0 Å². The predicted molar refractivity (Wildman–Crippen MR) is 107 cm³/mol. The van der Waals surface area contributed by atoms with Gasteiger partial charge in [-0.25, -0.2) is 13.6 Å². The van der Waals surface area contributed by atoms with Crippen LogP contribution in [0.4, 0.5) is 0 Å². The van der Waals surface area contributed by atoms with Crippen molar-refractivity contribution in [1.82, 2.24) is 5.32 Å². The first kappa shape index (κ1) is 20.9. The molecule has 0 aliphatic carbocycles. The van der Waals surface area contributed by atoms with Gasteiger partial charge in [0.2, 0.25) is 10.0 Å². The van der Waals surface area contributed by atoms with Gasteiger partial charge in [0.1, 0.15) is 23.4 Å². The largest absolute Gasteiger partial charge is 0.496 e. The van der Waals surface area contributed by atoms with Crippen LogP contribution < -0.4 is 24.7 Å². The summed E-state index contributed by atoms with van der Waals surface area (Å²) in [6.07, 6.45) is 0.897. The normalized spacial score (nSPS) is 15.4. The zero-order valence-electron chi connectivity index (χ0n) is 16.5. The molecular formula is C20H24N2O6S. The Labute approximate surface area is 170 Å². The second kappa shape index (κ2) is 8.30. The molecule has 3 rings (SSSR count). The van der Waals surface area contributed by atoms with E-state index in [4.69, 9.17) is 19.3 Å². The summed E-state index contributed by atoms with van der Waals surface area (Å²) in [7, 11) is -2.55. The van der Waals surface area contributed by atoms with Crippen molar-refractivity contribution in [3.05, 3.63) is 47.0 Å². The molecule has 156 valence electrons. The van der Waals surface area contributed by atoms with Gasteiger partial charge in [-0.05, 0) is 44.2 Å². The highest BCUT2D eigenvalue weighted by atomic mass is 32.2. The van der Waals surface area contributed by atoms with E-state index in [0.29, 0.717) is 12.4 Å². The molecule has 2 aromatic carbocycles. The molecular weight excluding hydrogens is 396 g/mol. The van der Waals surface area contributed by atoms with Crippen LogP contribution in [0.25, 0.3) is 0 Å². The Morgan fingerprint density at radius 1 is 1.28 bits per heavy atom. The van der Waals surface area contributed by atoms with Crippen LogP contribution in [-0.4, -0.2) is 34.1 Å². The van der Waals surface area contributed by atoms with Crippen LogP contribution >= 0.6 is 0 Å². The highest BCUT2D eigenvalue weighted by molar-refractivity contribution is 7.89. The molecule has 1 aliphatic rings. The third-order valence-electron chi connectivity index (χ3n) is 4.56. The van der Waals surface area contributed by atoms with Gasteiger partial charge in [-0.3, -0.25) is 4.79 Å². The molecule has 1 atom stereocenters. The van der Waals surface area contributed by atoms with Crippen LogP contribution in [0.5, 0.6) is 17.2 Å². The minimum Gasteiger partial charge on any atom is -0.496 e. The zero-order chi connectivity index (χ0) is 21.2. The number of nitrogens with one attached hydrogen (secondary N) is 1. The van der Waals surface area contributed by atoms with E-state index in [1.54, 1.807) is 0 Å². The number of ether oxygens (including phenoxy) is 3. The van der Waals surface area contributed by atoms with Gasteiger partial charge in [-0.15, -0.1) is 0 Å². The van der Waals surface area contributed by atoms with Crippen LogP contribution in [0.3, 0.4) is 0 Å². The van der Waals surface area contributed by atoms with Crippen molar-refractivity contribution in [2.75, 3.05) is 13.7 Å². The molecule has 0 unspecified atom stereocenters. The van der Waals surface area contributed by atoms with E-state index in [0.717, 1.165) is 23.3 Å². The molecule has 0 radical (unpaired) electrons. The molecule has 0 spiro atoms. The number of hydrogen-bond donors (Lipinski definition) is 2. The van der Waals surface area contributed by atoms with Gasteiger partial charge in [-0.1, -0.05) is 0 Å². The maximum Gasteiger partial charge on any atom is 0.255 e. The fourth-order valence-corrected chi connectivity index (χ4v) is 3.76. The van der Waals surface area contributed by atoms with E-state index in [2.05, 4.69) is 5.32 Å². The van der Waals surface area contributed by atoms with Crippen LogP contribution in [0, 0.1) is 0 Å². The molecule has 3 N–H and O–H groups in total. The number of rotatable bonds is 7. The van der Waals surface area contributed by atoms with Crippen molar-refractivity contribution < 1.29 is 27.4 Å². The molecule has 0 aromatic heterocycles. The Morgan fingerprint density at radius 2 is 2.03 bits per heavy atom. The Bertz CT molecular complexity index is 1040. The van der Waals surface area contributed by atoms with Gasteiger partial charge in [0.25, 0.3) is 5.91 Å². The Hall–Kier alpha value is -2.78. The standard InChI is InChI=1S/C20H24N2O6S/c1-4-27-18-8-13-7-12(2)28-19(13)9-14(18)11-22-20(23)16-10-15(29(21,24)25)5-6-17(16)26-3/h5-6,8-10,12H,4,7,11H2,1-3H3,(H,22,23)(H2,21,24,25)/t12-/m0/s1. The van der Waals surface area contributed by atoms with E-state index < -0.39 is 15.9 Å². The number of fused-ring (bicyclic) bond motifs is 1. The molecule has 1 heterocycles.